The lowest BCUT2D eigenvalue weighted by molar-refractivity contribution is -0.384. The van der Waals surface area contributed by atoms with E-state index in [4.69, 9.17) is 5.73 Å². The van der Waals surface area contributed by atoms with E-state index < -0.39 is 4.92 Å². The number of aromatic nitrogens is 1. The highest BCUT2D eigenvalue weighted by Gasteiger charge is 2.20. The van der Waals surface area contributed by atoms with Crippen molar-refractivity contribution in [2.75, 3.05) is 5.73 Å². The van der Waals surface area contributed by atoms with Crippen molar-refractivity contribution < 1.29 is 4.92 Å². The third-order valence-electron chi connectivity index (χ3n) is 4.44. The quantitative estimate of drug-likeness (QED) is 0.502. The molecule has 28 heavy (non-hydrogen) atoms. The second-order valence-electron chi connectivity index (χ2n) is 7.00. The molecule has 2 N–H and O–H groups in total. The van der Waals surface area contributed by atoms with Crippen LogP contribution in [0.15, 0.2) is 54.6 Å². The summed E-state index contributed by atoms with van der Waals surface area (Å²) >= 11 is 0. The molecule has 3 rings (SSSR count). The molecule has 1 heterocycles. The largest absolute Gasteiger partial charge is 0.383 e. The molecule has 6 nitrogen and oxygen atoms in total. The first kappa shape index (κ1) is 19.1. The van der Waals surface area contributed by atoms with Gasteiger partial charge in [0, 0.05) is 17.2 Å². The third-order valence-corrected chi connectivity index (χ3v) is 4.44. The summed E-state index contributed by atoms with van der Waals surface area (Å²) in [5.41, 5.74) is 9.46. The molecule has 0 radical (unpaired) electrons. The van der Waals surface area contributed by atoms with Crippen LogP contribution in [0.5, 0.6) is 0 Å². The first-order chi connectivity index (χ1) is 13.4. The summed E-state index contributed by atoms with van der Waals surface area (Å²) in [5, 5.41) is 21.0. The number of benzene rings is 2. The molecule has 0 spiro atoms. The number of para-hydroxylation sites is 1. The first-order valence-electron chi connectivity index (χ1n) is 8.94. The molecule has 0 amide bonds. The van der Waals surface area contributed by atoms with Gasteiger partial charge < -0.3 is 5.73 Å². The molecular formula is C22H20N4O2. The van der Waals surface area contributed by atoms with E-state index in [2.05, 4.69) is 18.8 Å². The zero-order valence-corrected chi connectivity index (χ0v) is 15.7. The van der Waals surface area contributed by atoms with Crippen LogP contribution in [0.25, 0.3) is 22.4 Å². The lowest BCUT2D eigenvalue weighted by atomic mass is 9.96. The number of hydrogen-bond donors (Lipinski definition) is 1. The molecule has 2 aromatic carbocycles. The molecule has 0 saturated heterocycles. The molecule has 0 aliphatic heterocycles. The second kappa shape index (κ2) is 7.89. The SMILES string of the molecule is CC(C)Cc1ccc(-c2cc(-c3ccccc3[N+](=O)[O-])c(C#N)c(N)n2)cc1. The molecule has 140 valence electrons. The molecule has 0 aliphatic rings. The standard InChI is InChI=1S/C22H20N4O2/c1-14(2)11-15-7-9-16(10-8-15)20-12-18(19(13-23)22(24)25-20)17-5-3-4-6-21(17)26(27)28/h3-10,12,14H,11H2,1-2H3,(H2,24,25). The van der Waals surface area contributed by atoms with Gasteiger partial charge in [-0.2, -0.15) is 5.26 Å². The van der Waals surface area contributed by atoms with Crippen LogP contribution in [-0.4, -0.2) is 9.91 Å². The van der Waals surface area contributed by atoms with Crippen LogP contribution in [0.4, 0.5) is 11.5 Å². The van der Waals surface area contributed by atoms with E-state index in [9.17, 15) is 15.4 Å². The summed E-state index contributed by atoms with van der Waals surface area (Å²) in [7, 11) is 0. The van der Waals surface area contributed by atoms with Crippen molar-refractivity contribution in [1.82, 2.24) is 4.98 Å². The van der Waals surface area contributed by atoms with Crippen molar-refractivity contribution in [3.8, 4) is 28.5 Å². The molecule has 0 fully saturated rings. The predicted octanol–water partition coefficient (Wildman–Crippen LogP) is 4.98. The first-order valence-corrected chi connectivity index (χ1v) is 8.94. The van der Waals surface area contributed by atoms with Gasteiger partial charge in [0.25, 0.3) is 5.69 Å². The molecule has 0 bridgehead atoms. The Bertz CT molecular complexity index is 1070. The Morgan fingerprint density at radius 2 is 1.82 bits per heavy atom. The van der Waals surface area contributed by atoms with Crippen LogP contribution in [0.3, 0.4) is 0 Å². The summed E-state index contributed by atoms with van der Waals surface area (Å²) < 4.78 is 0. The number of nitrogen functional groups attached to an aromatic ring is 1. The number of nitrogens with two attached hydrogens (primary N) is 1. The lowest BCUT2D eigenvalue weighted by Gasteiger charge is -2.11. The molecular weight excluding hydrogens is 352 g/mol. The number of pyridine rings is 1. The van der Waals surface area contributed by atoms with Crippen LogP contribution in [0.2, 0.25) is 0 Å². The van der Waals surface area contributed by atoms with Gasteiger partial charge >= 0.3 is 0 Å². The molecule has 0 atom stereocenters. The van der Waals surface area contributed by atoms with Gasteiger partial charge in [0.2, 0.25) is 0 Å². The van der Waals surface area contributed by atoms with Gasteiger partial charge in [0.15, 0.2) is 0 Å². The summed E-state index contributed by atoms with van der Waals surface area (Å²) in [4.78, 5) is 15.3. The van der Waals surface area contributed by atoms with E-state index in [0.29, 0.717) is 22.7 Å². The molecule has 6 heteroatoms. The van der Waals surface area contributed by atoms with E-state index >= 15 is 0 Å². The van der Waals surface area contributed by atoms with Crippen molar-refractivity contribution in [2.45, 2.75) is 20.3 Å². The molecule has 0 saturated carbocycles. The maximum absolute atomic E-state index is 11.4. The molecule has 0 unspecified atom stereocenters. The van der Waals surface area contributed by atoms with E-state index in [1.54, 1.807) is 24.3 Å². The van der Waals surface area contributed by atoms with Crippen LogP contribution in [0.1, 0.15) is 25.0 Å². The number of nitrogens with zero attached hydrogens (tertiary/aromatic N) is 3. The molecule has 3 aromatic rings. The summed E-state index contributed by atoms with van der Waals surface area (Å²) in [6.07, 6.45) is 0.977. The van der Waals surface area contributed by atoms with Gasteiger partial charge in [-0.15, -0.1) is 0 Å². The fraction of sp³-hybridized carbons (Fsp3) is 0.182. The topological polar surface area (TPSA) is 106 Å². The minimum absolute atomic E-state index is 0.0550. The number of anilines is 1. The molecule has 0 aliphatic carbocycles. The van der Waals surface area contributed by atoms with Crippen LogP contribution in [0, 0.1) is 27.4 Å². The Balaban J connectivity index is 2.15. The van der Waals surface area contributed by atoms with Crippen molar-refractivity contribution in [2.24, 2.45) is 5.92 Å². The zero-order valence-electron chi connectivity index (χ0n) is 15.7. The summed E-state index contributed by atoms with van der Waals surface area (Å²) in [6.45, 7) is 4.33. The van der Waals surface area contributed by atoms with Crippen molar-refractivity contribution in [3.05, 3.63) is 75.8 Å². The average molecular weight is 372 g/mol. The van der Waals surface area contributed by atoms with Crippen molar-refractivity contribution in [3.63, 3.8) is 0 Å². The minimum atomic E-state index is -0.465. The summed E-state index contributed by atoms with van der Waals surface area (Å²) in [5.74, 6) is 0.610. The van der Waals surface area contributed by atoms with Gasteiger partial charge in [-0.3, -0.25) is 10.1 Å². The number of hydrogen-bond acceptors (Lipinski definition) is 5. The maximum atomic E-state index is 11.4. The molecule has 1 aromatic heterocycles. The van der Waals surface area contributed by atoms with E-state index in [1.807, 2.05) is 30.3 Å². The Kier molecular flexibility index (Phi) is 5.37. The van der Waals surface area contributed by atoms with Gasteiger partial charge in [0.05, 0.1) is 16.2 Å². The summed E-state index contributed by atoms with van der Waals surface area (Å²) in [6, 6.07) is 18.0. The number of rotatable bonds is 5. The van der Waals surface area contributed by atoms with Gasteiger partial charge in [-0.1, -0.05) is 50.2 Å². The Hall–Kier alpha value is -3.72. The van der Waals surface area contributed by atoms with E-state index in [-0.39, 0.29) is 17.1 Å². The van der Waals surface area contributed by atoms with Crippen molar-refractivity contribution in [1.29, 1.82) is 5.26 Å². The number of nitriles is 1. The van der Waals surface area contributed by atoms with Crippen LogP contribution >= 0.6 is 0 Å². The van der Waals surface area contributed by atoms with E-state index in [0.717, 1.165) is 12.0 Å². The second-order valence-corrected chi connectivity index (χ2v) is 7.00. The highest BCUT2D eigenvalue weighted by atomic mass is 16.6. The van der Waals surface area contributed by atoms with Gasteiger partial charge in [0.1, 0.15) is 17.5 Å². The zero-order chi connectivity index (χ0) is 20.3. The average Bonchev–Trinajstić information content (AvgIpc) is 2.67. The van der Waals surface area contributed by atoms with Gasteiger partial charge in [-0.05, 0) is 30.0 Å². The highest BCUT2D eigenvalue weighted by molar-refractivity contribution is 5.84. The third kappa shape index (κ3) is 3.84. The lowest BCUT2D eigenvalue weighted by Crippen LogP contribution is -2.01. The van der Waals surface area contributed by atoms with Crippen LogP contribution < -0.4 is 5.73 Å². The smallest absolute Gasteiger partial charge is 0.277 e. The van der Waals surface area contributed by atoms with Crippen molar-refractivity contribution >= 4 is 11.5 Å². The fourth-order valence-corrected chi connectivity index (χ4v) is 3.19. The van der Waals surface area contributed by atoms with Crippen LogP contribution in [-0.2, 0) is 6.42 Å². The predicted molar refractivity (Wildman–Crippen MR) is 109 cm³/mol. The maximum Gasteiger partial charge on any atom is 0.277 e. The number of nitro groups is 1. The highest BCUT2D eigenvalue weighted by Crippen LogP contribution is 2.36. The Labute approximate surface area is 163 Å². The minimum Gasteiger partial charge on any atom is -0.383 e. The monoisotopic (exact) mass is 372 g/mol. The fourth-order valence-electron chi connectivity index (χ4n) is 3.19. The number of nitro benzene ring substituents is 1. The van der Waals surface area contributed by atoms with E-state index in [1.165, 1.54) is 11.6 Å². The Morgan fingerprint density at radius 1 is 1.14 bits per heavy atom. The van der Waals surface area contributed by atoms with Gasteiger partial charge in [-0.25, -0.2) is 4.98 Å². The normalized spacial score (nSPS) is 10.6. The Morgan fingerprint density at radius 3 is 2.43 bits per heavy atom.